The van der Waals surface area contributed by atoms with Crippen molar-refractivity contribution in [1.82, 2.24) is 10.2 Å². The smallest absolute Gasteiger partial charge is 0.248 e. The third-order valence-electron chi connectivity index (χ3n) is 3.38. The molecule has 104 valence electrons. The van der Waals surface area contributed by atoms with E-state index in [2.05, 4.69) is 25.2 Å². The van der Waals surface area contributed by atoms with Crippen LogP contribution in [0, 0.1) is 0 Å². The molecule has 1 fully saturated rings. The molecule has 1 aromatic rings. The first-order valence-electron chi connectivity index (χ1n) is 6.37. The van der Waals surface area contributed by atoms with Crippen LogP contribution in [0.2, 0.25) is 0 Å². The number of piperazine rings is 1. The van der Waals surface area contributed by atoms with Gasteiger partial charge in [-0.2, -0.15) is 0 Å². The van der Waals surface area contributed by atoms with E-state index in [-0.39, 0.29) is 23.8 Å². The quantitative estimate of drug-likeness (QED) is 0.917. The van der Waals surface area contributed by atoms with Gasteiger partial charge in [-0.25, -0.2) is 0 Å². The van der Waals surface area contributed by atoms with Gasteiger partial charge in [0.1, 0.15) is 5.54 Å². The zero-order valence-corrected chi connectivity index (χ0v) is 12.6. The van der Waals surface area contributed by atoms with E-state index in [4.69, 9.17) is 0 Å². The van der Waals surface area contributed by atoms with Crippen molar-refractivity contribution >= 4 is 23.2 Å². The molecular formula is C14H20N2O2S. The van der Waals surface area contributed by atoms with E-state index in [1.807, 2.05) is 11.4 Å². The van der Waals surface area contributed by atoms with Gasteiger partial charge in [-0.15, -0.1) is 11.3 Å². The van der Waals surface area contributed by atoms with Crippen LogP contribution in [0.3, 0.4) is 0 Å². The first-order valence-corrected chi connectivity index (χ1v) is 7.25. The summed E-state index contributed by atoms with van der Waals surface area (Å²) in [4.78, 5) is 27.0. The summed E-state index contributed by atoms with van der Waals surface area (Å²) >= 11 is 1.68. The molecule has 0 unspecified atom stereocenters. The minimum atomic E-state index is -0.805. The Morgan fingerprint density at radius 2 is 2.11 bits per heavy atom. The molecule has 0 bridgehead atoms. The molecule has 0 radical (unpaired) electrons. The molecule has 19 heavy (non-hydrogen) atoms. The number of amides is 2. The minimum Gasteiger partial charge on any atom is -0.341 e. The lowest BCUT2D eigenvalue weighted by atomic mass is 9.89. The lowest BCUT2D eigenvalue weighted by Gasteiger charge is -2.40. The van der Waals surface area contributed by atoms with Crippen LogP contribution in [0.4, 0.5) is 0 Å². The van der Waals surface area contributed by atoms with E-state index in [1.165, 1.54) is 4.88 Å². The molecule has 4 nitrogen and oxygen atoms in total. The van der Waals surface area contributed by atoms with E-state index in [9.17, 15) is 9.59 Å². The van der Waals surface area contributed by atoms with Crippen LogP contribution in [0.5, 0.6) is 0 Å². The molecule has 1 aliphatic rings. The number of thiophene rings is 1. The van der Waals surface area contributed by atoms with Crippen molar-refractivity contribution in [1.29, 1.82) is 0 Å². The Bertz CT molecular complexity index is 492. The Hall–Kier alpha value is -1.36. The molecule has 2 amide bonds. The van der Waals surface area contributed by atoms with Gasteiger partial charge in [0, 0.05) is 16.8 Å². The normalized spacial score (nSPS) is 19.5. The van der Waals surface area contributed by atoms with Crippen molar-refractivity contribution in [2.75, 3.05) is 13.1 Å². The fraction of sp³-hybridized carbons (Fsp3) is 0.571. The summed E-state index contributed by atoms with van der Waals surface area (Å²) in [6.45, 7) is 8.41. The van der Waals surface area contributed by atoms with Gasteiger partial charge in [0.05, 0.1) is 6.54 Å². The summed E-state index contributed by atoms with van der Waals surface area (Å²) in [6, 6.07) is 4.08. The molecule has 1 aromatic heterocycles. The number of hydrogen-bond donors (Lipinski definition) is 1. The van der Waals surface area contributed by atoms with Crippen LogP contribution in [-0.4, -0.2) is 35.3 Å². The van der Waals surface area contributed by atoms with Crippen molar-refractivity contribution in [2.24, 2.45) is 0 Å². The predicted octanol–water partition coefficient (Wildman–Crippen LogP) is 1.76. The van der Waals surface area contributed by atoms with E-state index in [0.717, 1.165) is 0 Å². The molecule has 1 N–H and O–H groups in total. The fourth-order valence-corrected chi connectivity index (χ4v) is 3.27. The maximum atomic E-state index is 12.4. The summed E-state index contributed by atoms with van der Waals surface area (Å²) in [5, 5.41) is 4.76. The maximum Gasteiger partial charge on any atom is 0.248 e. The largest absolute Gasteiger partial charge is 0.341 e. The van der Waals surface area contributed by atoms with Gasteiger partial charge < -0.3 is 10.2 Å². The highest BCUT2D eigenvalue weighted by Crippen LogP contribution is 2.29. The van der Waals surface area contributed by atoms with Gasteiger partial charge >= 0.3 is 0 Å². The van der Waals surface area contributed by atoms with Gasteiger partial charge in [0.15, 0.2) is 0 Å². The summed E-state index contributed by atoms with van der Waals surface area (Å²) < 4.78 is 0. The first kappa shape index (κ1) is 14.1. The highest BCUT2D eigenvalue weighted by Gasteiger charge is 2.41. The molecule has 1 saturated heterocycles. The Morgan fingerprint density at radius 3 is 2.68 bits per heavy atom. The monoisotopic (exact) mass is 280 g/mol. The SMILES string of the molecule is CC1(C)NC(=O)CN(CC(C)(C)c2cccs2)C1=O. The Labute approximate surface area is 117 Å². The van der Waals surface area contributed by atoms with Crippen molar-refractivity contribution in [2.45, 2.75) is 38.6 Å². The first-order chi connectivity index (χ1) is 8.72. The highest BCUT2D eigenvalue weighted by molar-refractivity contribution is 7.10. The summed E-state index contributed by atoms with van der Waals surface area (Å²) in [6.07, 6.45) is 0. The summed E-state index contributed by atoms with van der Waals surface area (Å²) in [5.74, 6) is -0.108. The highest BCUT2D eigenvalue weighted by atomic mass is 32.1. The average molecular weight is 280 g/mol. The molecule has 1 aliphatic heterocycles. The fourth-order valence-electron chi connectivity index (χ4n) is 2.43. The van der Waals surface area contributed by atoms with Crippen LogP contribution >= 0.6 is 11.3 Å². The Morgan fingerprint density at radius 1 is 1.42 bits per heavy atom. The lowest BCUT2D eigenvalue weighted by molar-refractivity contribution is -0.149. The van der Waals surface area contributed by atoms with Gasteiger partial charge in [0.2, 0.25) is 11.8 Å². The van der Waals surface area contributed by atoms with Crippen molar-refractivity contribution in [3.05, 3.63) is 22.4 Å². The molecule has 0 aromatic carbocycles. The van der Waals surface area contributed by atoms with Crippen molar-refractivity contribution in [3.8, 4) is 0 Å². The van der Waals surface area contributed by atoms with Gasteiger partial charge in [-0.05, 0) is 25.3 Å². The number of hydrogen-bond acceptors (Lipinski definition) is 3. The number of nitrogens with one attached hydrogen (secondary N) is 1. The third-order valence-corrected chi connectivity index (χ3v) is 4.62. The van der Waals surface area contributed by atoms with E-state index in [1.54, 1.807) is 30.1 Å². The van der Waals surface area contributed by atoms with Gasteiger partial charge in [0.25, 0.3) is 0 Å². The molecule has 0 saturated carbocycles. The predicted molar refractivity (Wildman–Crippen MR) is 76.1 cm³/mol. The van der Waals surface area contributed by atoms with Crippen LogP contribution in [0.1, 0.15) is 32.6 Å². The number of rotatable bonds is 3. The number of nitrogens with zero attached hydrogens (tertiary/aromatic N) is 1. The van der Waals surface area contributed by atoms with E-state index >= 15 is 0 Å². The van der Waals surface area contributed by atoms with Gasteiger partial charge in [-0.3, -0.25) is 9.59 Å². The second-order valence-corrected chi connectivity index (χ2v) is 7.14. The van der Waals surface area contributed by atoms with Gasteiger partial charge in [-0.1, -0.05) is 19.9 Å². The van der Waals surface area contributed by atoms with Crippen LogP contribution in [0.25, 0.3) is 0 Å². The van der Waals surface area contributed by atoms with E-state index in [0.29, 0.717) is 6.54 Å². The topological polar surface area (TPSA) is 49.4 Å². The Kier molecular flexibility index (Phi) is 3.43. The molecule has 0 atom stereocenters. The second kappa shape index (κ2) is 4.63. The van der Waals surface area contributed by atoms with Crippen LogP contribution < -0.4 is 5.32 Å². The third kappa shape index (κ3) is 2.81. The van der Waals surface area contributed by atoms with Crippen LogP contribution in [0.15, 0.2) is 17.5 Å². The number of carbonyl (C=O) groups is 2. The molecule has 0 spiro atoms. The Balaban J connectivity index is 2.18. The van der Waals surface area contributed by atoms with Crippen LogP contribution in [-0.2, 0) is 15.0 Å². The van der Waals surface area contributed by atoms with Crippen molar-refractivity contribution < 1.29 is 9.59 Å². The average Bonchev–Trinajstić information content (AvgIpc) is 2.78. The molecule has 2 rings (SSSR count). The number of carbonyl (C=O) groups excluding carboxylic acids is 2. The van der Waals surface area contributed by atoms with Crippen molar-refractivity contribution in [3.63, 3.8) is 0 Å². The molecular weight excluding hydrogens is 260 g/mol. The standard InChI is InChI=1S/C14H20N2O2S/c1-13(2,10-6-5-7-19-10)9-16-8-11(17)15-14(3,4)12(16)18/h5-7H,8-9H2,1-4H3,(H,15,17). The molecule has 2 heterocycles. The maximum absolute atomic E-state index is 12.4. The minimum absolute atomic E-state index is 0.0169. The molecule has 0 aliphatic carbocycles. The molecule has 5 heteroatoms. The zero-order valence-electron chi connectivity index (χ0n) is 11.8. The van der Waals surface area contributed by atoms with E-state index < -0.39 is 5.54 Å². The second-order valence-electron chi connectivity index (χ2n) is 6.20. The summed E-state index contributed by atoms with van der Waals surface area (Å²) in [7, 11) is 0. The lowest BCUT2D eigenvalue weighted by Crippen LogP contribution is -2.65. The zero-order chi connectivity index (χ0) is 14.3. The summed E-state index contributed by atoms with van der Waals surface area (Å²) in [5.41, 5.74) is -0.946.